The van der Waals surface area contributed by atoms with Crippen molar-refractivity contribution in [3.8, 4) is 0 Å². The smallest absolute Gasteiger partial charge is 0.351 e. The lowest BCUT2D eigenvalue weighted by Crippen LogP contribution is -2.18. The van der Waals surface area contributed by atoms with E-state index >= 15 is 0 Å². The lowest BCUT2D eigenvalue weighted by Gasteiger charge is -2.09. The minimum absolute atomic E-state index is 0.0511. The van der Waals surface area contributed by atoms with Crippen LogP contribution in [0.4, 0.5) is 0 Å². The van der Waals surface area contributed by atoms with Gasteiger partial charge in [-0.15, -0.1) is 0 Å². The fourth-order valence-electron chi connectivity index (χ4n) is 2.49. The van der Waals surface area contributed by atoms with Crippen molar-refractivity contribution in [2.75, 3.05) is 14.2 Å². The lowest BCUT2D eigenvalue weighted by molar-refractivity contribution is -0.139. The molecule has 0 fully saturated rings. The van der Waals surface area contributed by atoms with Gasteiger partial charge in [-0.2, -0.15) is 0 Å². The van der Waals surface area contributed by atoms with Gasteiger partial charge in [-0.25, -0.2) is 14.4 Å². The van der Waals surface area contributed by atoms with E-state index in [1.54, 1.807) is 24.3 Å². The minimum Gasteiger partial charge on any atom is -0.465 e. The van der Waals surface area contributed by atoms with Crippen LogP contribution in [-0.4, -0.2) is 26.2 Å². The van der Waals surface area contributed by atoms with E-state index < -0.39 is 17.6 Å². The second kappa shape index (κ2) is 6.48. The summed E-state index contributed by atoms with van der Waals surface area (Å²) in [6.45, 7) is 0. The number of hydrogen-bond donors (Lipinski definition) is 1. The molecule has 1 aliphatic heterocycles. The van der Waals surface area contributed by atoms with Crippen molar-refractivity contribution in [3.63, 3.8) is 0 Å². The second-order valence-electron chi connectivity index (χ2n) is 5.01. The van der Waals surface area contributed by atoms with E-state index in [-0.39, 0.29) is 21.1 Å². The molecule has 0 atom stereocenters. The molecular formula is C17H13NO6S. The van der Waals surface area contributed by atoms with Gasteiger partial charge in [-0.05, 0) is 12.1 Å². The molecule has 0 radical (unpaired) electrons. The van der Waals surface area contributed by atoms with Gasteiger partial charge in [0.05, 0.1) is 24.8 Å². The van der Waals surface area contributed by atoms with Crippen molar-refractivity contribution < 1.29 is 23.5 Å². The number of benzene rings is 1. The third kappa shape index (κ3) is 2.80. The number of nitrogens with two attached hydrogens (primary N) is 1. The van der Waals surface area contributed by atoms with Crippen LogP contribution in [-0.2, 0) is 19.1 Å². The summed E-state index contributed by atoms with van der Waals surface area (Å²) in [4.78, 5) is 36.9. The SMILES string of the molecule is COC(=O)C1=Cc2c(c(=O)oc3ccccc23)SC(N)=C1C(=O)OC. The van der Waals surface area contributed by atoms with Gasteiger partial charge in [0.2, 0.25) is 0 Å². The third-order valence-corrected chi connectivity index (χ3v) is 4.64. The average molecular weight is 359 g/mol. The van der Waals surface area contributed by atoms with Gasteiger partial charge < -0.3 is 19.6 Å². The Morgan fingerprint density at radius 1 is 1.12 bits per heavy atom. The fraction of sp³-hybridized carbons (Fsp3) is 0.118. The molecule has 0 aliphatic carbocycles. The highest BCUT2D eigenvalue weighted by molar-refractivity contribution is 8.03. The van der Waals surface area contributed by atoms with E-state index in [0.717, 1.165) is 11.8 Å². The Hall–Kier alpha value is -3.00. The first kappa shape index (κ1) is 16.8. The topological polar surface area (TPSA) is 109 Å². The second-order valence-corrected chi connectivity index (χ2v) is 6.06. The summed E-state index contributed by atoms with van der Waals surface area (Å²) in [5.41, 5.74) is 5.90. The Kier molecular flexibility index (Phi) is 4.37. The number of carbonyl (C=O) groups is 2. The van der Waals surface area contributed by atoms with Crippen molar-refractivity contribution in [2.24, 2.45) is 5.73 Å². The van der Waals surface area contributed by atoms with Crippen molar-refractivity contribution >= 4 is 40.7 Å². The summed E-state index contributed by atoms with van der Waals surface area (Å²) in [6, 6.07) is 6.86. The zero-order valence-electron chi connectivity index (χ0n) is 13.3. The highest BCUT2D eigenvalue weighted by Crippen LogP contribution is 2.37. The van der Waals surface area contributed by atoms with E-state index in [1.807, 2.05) is 0 Å². The Morgan fingerprint density at radius 2 is 1.80 bits per heavy atom. The molecule has 7 nitrogen and oxygen atoms in total. The van der Waals surface area contributed by atoms with E-state index in [0.29, 0.717) is 16.5 Å². The van der Waals surface area contributed by atoms with Crippen LogP contribution in [0, 0.1) is 0 Å². The molecule has 0 amide bonds. The number of fused-ring (bicyclic) bond motifs is 3. The van der Waals surface area contributed by atoms with E-state index in [4.69, 9.17) is 19.6 Å². The van der Waals surface area contributed by atoms with E-state index in [9.17, 15) is 14.4 Å². The number of methoxy groups -OCH3 is 2. The van der Waals surface area contributed by atoms with Gasteiger partial charge in [0, 0.05) is 10.9 Å². The molecule has 1 aliphatic rings. The summed E-state index contributed by atoms with van der Waals surface area (Å²) in [5.74, 6) is -1.57. The van der Waals surface area contributed by atoms with Gasteiger partial charge in [0.1, 0.15) is 16.1 Å². The van der Waals surface area contributed by atoms with Crippen molar-refractivity contribution in [1.29, 1.82) is 0 Å². The first-order valence-corrected chi connectivity index (χ1v) is 7.91. The van der Waals surface area contributed by atoms with Gasteiger partial charge in [-0.3, -0.25) is 0 Å². The molecule has 128 valence electrons. The van der Waals surface area contributed by atoms with Crippen LogP contribution in [0.1, 0.15) is 5.56 Å². The zero-order chi connectivity index (χ0) is 18.1. The first-order chi connectivity index (χ1) is 12.0. The fourth-order valence-corrected chi connectivity index (χ4v) is 3.41. The largest absolute Gasteiger partial charge is 0.465 e. The van der Waals surface area contributed by atoms with Crippen LogP contribution in [0.25, 0.3) is 17.0 Å². The first-order valence-electron chi connectivity index (χ1n) is 7.10. The Balaban J connectivity index is 2.41. The molecule has 2 aromatic rings. The average Bonchev–Trinajstić information content (AvgIpc) is 2.77. The number of carbonyl (C=O) groups excluding carboxylic acids is 2. The molecular weight excluding hydrogens is 346 g/mol. The molecule has 0 unspecified atom stereocenters. The highest BCUT2D eigenvalue weighted by atomic mass is 32.2. The van der Waals surface area contributed by atoms with Crippen molar-refractivity contribution in [2.45, 2.75) is 4.90 Å². The molecule has 2 heterocycles. The summed E-state index contributed by atoms with van der Waals surface area (Å²) >= 11 is 0.848. The summed E-state index contributed by atoms with van der Waals surface area (Å²) in [7, 11) is 2.36. The van der Waals surface area contributed by atoms with Crippen LogP contribution in [0.3, 0.4) is 0 Å². The number of para-hydroxylation sites is 1. The van der Waals surface area contributed by atoms with Crippen LogP contribution in [0.5, 0.6) is 0 Å². The molecule has 0 saturated carbocycles. The molecule has 0 spiro atoms. The molecule has 0 saturated heterocycles. The minimum atomic E-state index is -0.803. The molecule has 0 bridgehead atoms. The molecule has 2 N–H and O–H groups in total. The normalized spacial score (nSPS) is 13.8. The summed E-state index contributed by atoms with van der Waals surface area (Å²) in [6.07, 6.45) is 1.40. The van der Waals surface area contributed by atoms with Crippen molar-refractivity contribution in [1.82, 2.24) is 0 Å². The van der Waals surface area contributed by atoms with Crippen molar-refractivity contribution in [3.05, 3.63) is 56.4 Å². The maximum atomic E-state index is 12.3. The number of thioether (sulfide) groups is 1. The quantitative estimate of drug-likeness (QED) is 0.639. The number of hydrogen-bond acceptors (Lipinski definition) is 8. The third-order valence-electron chi connectivity index (χ3n) is 3.62. The standard InChI is InChI=1S/C17H13NO6S/c1-22-15(19)10-7-9-8-5-3-4-6-11(8)24-17(21)13(9)25-14(18)12(10)16(20)23-2/h3-7H,18H2,1-2H3. The monoisotopic (exact) mass is 359 g/mol. The van der Waals surface area contributed by atoms with Gasteiger partial charge in [0.25, 0.3) is 0 Å². The summed E-state index contributed by atoms with van der Waals surface area (Å²) < 4.78 is 14.8. The number of ether oxygens (including phenoxy) is 2. The van der Waals surface area contributed by atoms with E-state index in [2.05, 4.69) is 0 Å². The predicted octanol–water partition coefficient (Wildman–Crippen LogP) is 1.80. The highest BCUT2D eigenvalue weighted by Gasteiger charge is 2.30. The van der Waals surface area contributed by atoms with Gasteiger partial charge in [0.15, 0.2) is 0 Å². The molecule has 8 heteroatoms. The molecule has 1 aromatic heterocycles. The number of rotatable bonds is 2. The molecule has 1 aromatic carbocycles. The summed E-state index contributed by atoms with van der Waals surface area (Å²) in [5, 5.41) is 0.551. The maximum Gasteiger partial charge on any atom is 0.351 e. The van der Waals surface area contributed by atoms with Crippen LogP contribution in [0.15, 0.2) is 54.5 Å². The van der Waals surface area contributed by atoms with Crippen LogP contribution < -0.4 is 11.4 Å². The van der Waals surface area contributed by atoms with Gasteiger partial charge >= 0.3 is 17.6 Å². The zero-order valence-corrected chi connectivity index (χ0v) is 14.1. The predicted molar refractivity (Wildman–Crippen MR) is 91.6 cm³/mol. The molecule has 25 heavy (non-hydrogen) atoms. The lowest BCUT2D eigenvalue weighted by atomic mass is 10.0. The molecule has 3 rings (SSSR count). The van der Waals surface area contributed by atoms with Crippen LogP contribution in [0.2, 0.25) is 0 Å². The number of esters is 2. The Bertz CT molecular complexity index is 1020. The Morgan fingerprint density at radius 3 is 2.48 bits per heavy atom. The Labute approximate surface area is 146 Å². The van der Waals surface area contributed by atoms with E-state index in [1.165, 1.54) is 20.3 Å². The van der Waals surface area contributed by atoms with Crippen LogP contribution >= 0.6 is 11.8 Å². The maximum absolute atomic E-state index is 12.3. The van der Waals surface area contributed by atoms with Gasteiger partial charge in [-0.1, -0.05) is 30.0 Å².